The maximum atomic E-state index is 4.20. The molecule has 1 atom stereocenters. The Morgan fingerprint density at radius 1 is 1.25 bits per heavy atom. The first-order chi connectivity index (χ1) is 5.97. The van der Waals surface area contributed by atoms with Gasteiger partial charge in [0.15, 0.2) is 0 Å². The minimum atomic E-state index is 0.552. The predicted octanol–water partition coefficient (Wildman–Crippen LogP) is 1.40. The molecule has 2 heteroatoms. The van der Waals surface area contributed by atoms with Crippen LogP contribution in [0.4, 0.5) is 0 Å². The zero-order chi connectivity index (χ0) is 8.23. The van der Waals surface area contributed by atoms with Crippen LogP contribution in [-0.4, -0.2) is 19.4 Å². The summed E-state index contributed by atoms with van der Waals surface area (Å²) in [5.41, 5.74) is 1.38. The van der Waals surface area contributed by atoms with E-state index in [0.29, 0.717) is 5.92 Å². The molecule has 1 unspecified atom stereocenters. The van der Waals surface area contributed by atoms with Crippen molar-refractivity contribution in [1.82, 2.24) is 5.32 Å². The summed E-state index contributed by atoms with van der Waals surface area (Å²) in [6.07, 6.45) is 1.79. The van der Waals surface area contributed by atoms with Gasteiger partial charge in [-0.25, -0.2) is 0 Å². The molecule has 1 heterocycles. The van der Waals surface area contributed by atoms with E-state index >= 15 is 0 Å². The normalized spacial score (nSPS) is 21.8. The zero-order valence-corrected chi connectivity index (χ0v) is 6.90. The van der Waals surface area contributed by atoms with Gasteiger partial charge >= 0.3 is 0 Å². The average Bonchev–Trinajstić information content (AvgIpc) is 2.21. The van der Waals surface area contributed by atoms with Crippen LogP contribution in [0.3, 0.4) is 0 Å². The smallest absolute Gasteiger partial charge is 0.0824 e. The highest BCUT2D eigenvalue weighted by Gasteiger charge is 2.11. The van der Waals surface area contributed by atoms with Crippen molar-refractivity contribution < 1.29 is 0 Å². The Bertz CT molecular complexity index is 266. The number of hydrogen-bond acceptors (Lipinski definition) is 2. The molecule has 12 heavy (non-hydrogen) atoms. The fourth-order valence-electron chi connectivity index (χ4n) is 1.45. The number of rotatable bonds is 1. The largest absolute Gasteiger partial charge is 0.376 e. The van der Waals surface area contributed by atoms with Gasteiger partial charge in [-0.2, -0.15) is 0 Å². The summed E-state index contributed by atoms with van der Waals surface area (Å²) in [6.45, 7) is 1.92. The molecular weight excluding hydrogens is 148 g/mol. The molecule has 1 N–H and O–H groups in total. The highest BCUT2D eigenvalue weighted by Crippen LogP contribution is 2.15. The van der Waals surface area contributed by atoms with Gasteiger partial charge in [0.2, 0.25) is 0 Å². The summed E-state index contributed by atoms with van der Waals surface area (Å²) >= 11 is 0. The molecule has 0 spiro atoms. The molecular formula is C10H12N2. The Kier molecular flexibility index (Phi) is 2.08. The van der Waals surface area contributed by atoms with Crippen LogP contribution < -0.4 is 5.32 Å². The molecule has 62 valence electrons. The van der Waals surface area contributed by atoms with Gasteiger partial charge in [0.25, 0.3) is 0 Å². The lowest BCUT2D eigenvalue weighted by Gasteiger charge is -2.18. The topological polar surface area (TPSA) is 24.4 Å². The molecule has 0 amide bonds. The van der Waals surface area contributed by atoms with Crippen molar-refractivity contribution in [3.8, 4) is 0 Å². The second-order valence-corrected chi connectivity index (χ2v) is 3.01. The van der Waals surface area contributed by atoms with E-state index in [4.69, 9.17) is 0 Å². The van der Waals surface area contributed by atoms with Gasteiger partial charge in [-0.15, -0.1) is 0 Å². The molecule has 0 saturated carbocycles. The molecule has 1 aromatic carbocycles. The lowest BCUT2D eigenvalue weighted by atomic mass is 9.99. The maximum Gasteiger partial charge on any atom is 0.0824 e. The zero-order valence-electron chi connectivity index (χ0n) is 6.90. The SMILES string of the molecule is C1=NCC(c2ccccc2)CN1. The number of aliphatic imine (C=N–C) groups is 1. The Labute approximate surface area is 72.3 Å². The first kappa shape index (κ1) is 7.35. The van der Waals surface area contributed by atoms with Crippen LogP contribution >= 0.6 is 0 Å². The van der Waals surface area contributed by atoms with Gasteiger partial charge in [-0.3, -0.25) is 4.99 Å². The first-order valence-corrected chi connectivity index (χ1v) is 4.23. The van der Waals surface area contributed by atoms with Crippen molar-refractivity contribution in [3.05, 3.63) is 35.9 Å². The molecule has 0 saturated heterocycles. The van der Waals surface area contributed by atoms with Gasteiger partial charge in [0, 0.05) is 19.0 Å². The summed E-state index contributed by atoms with van der Waals surface area (Å²) in [7, 11) is 0. The van der Waals surface area contributed by atoms with Gasteiger partial charge in [0.1, 0.15) is 0 Å². The summed E-state index contributed by atoms with van der Waals surface area (Å²) in [5.74, 6) is 0.552. The third-order valence-corrected chi connectivity index (χ3v) is 2.14. The van der Waals surface area contributed by atoms with Gasteiger partial charge < -0.3 is 5.32 Å². The predicted molar refractivity (Wildman–Crippen MR) is 50.5 cm³/mol. The molecule has 0 fully saturated rings. The van der Waals surface area contributed by atoms with E-state index in [1.807, 2.05) is 6.07 Å². The standard InChI is InChI=1S/C10H12N2/c1-2-4-9(5-3-1)10-6-11-8-12-7-10/h1-5,8,10H,6-7H2,(H,11,12). The van der Waals surface area contributed by atoms with Crippen LogP contribution in [0.5, 0.6) is 0 Å². The van der Waals surface area contributed by atoms with Gasteiger partial charge in [-0.1, -0.05) is 30.3 Å². The Morgan fingerprint density at radius 3 is 2.75 bits per heavy atom. The highest BCUT2D eigenvalue weighted by atomic mass is 15.0. The third kappa shape index (κ3) is 1.47. The van der Waals surface area contributed by atoms with Crippen molar-refractivity contribution in [2.75, 3.05) is 13.1 Å². The van der Waals surface area contributed by atoms with E-state index in [1.165, 1.54) is 5.56 Å². The molecule has 2 rings (SSSR count). The summed E-state index contributed by atoms with van der Waals surface area (Å²) in [5, 5.41) is 3.14. The van der Waals surface area contributed by atoms with Gasteiger partial charge in [-0.05, 0) is 5.56 Å². The highest BCUT2D eigenvalue weighted by molar-refractivity contribution is 5.55. The molecule has 1 aromatic rings. The summed E-state index contributed by atoms with van der Waals surface area (Å²) in [6, 6.07) is 10.5. The van der Waals surface area contributed by atoms with Gasteiger partial charge in [0.05, 0.1) is 6.34 Å². The van der Waals surface area contributed by atoms with Crippen LogP contribution in [0.2, 0.25) is 0 Å². The van der Waals surface area contributed by atoms with Crippen molar-refractivity contribution in [3.63, 3.8) is 0 Å². The van der Waals surface area contributed by atoms with E-state index in [-0.39, 0.29) is 0 Å². The minimum Gasteiger partial charge on any atom is -0.376 e. The molecule has 1 aliphatic rings. The van der Waals surface area contributed by atoms with E-state index in [9.17, 15) is 0 Å². The molecule has 2 nitrogen and oxygen atoms in total. The van der Waals surface area contributed by atoms with Crippen molar-refractivity contribution in [2.45, 2.75) is 5.92 Å². The van der Waals surface area contributed by atoms with E-state index in [1.54, 1.807) is 6.34 Å². The fraction of sp³-hybridized carbons (Fsp3) is 0.300. The number of nitrogens with one attached hydrogen (secondary N) is 1. The van der Waals surface area contributed by atoms with Crippen LogP contribution in [0, 0.1) is 0 Å². The monoisotopic (exact) mass is 160 g/mol. The molecule has 1 aliphatic heterocycles. The van der Waals surface area contributed by atoms with E-state index < -0.39 is 0 Å². The van der Waals surface area contributed by atoms with Crippen LogP contribution in [-0.2, 0) is 0 Å². The molecule has 0 aromatic heterocycles. The average molecular weight is 160 g/mol. The Balaban J connectivity index is 2.15. The van der Waals surface area contributed by atoms with Crippen LogP contribution in [0.1, 0.15) is 11.5 Å². The quantitative estimate of drug-likeness (QED) is 0.659. The summed E-state index contributed by atoms with van der Waals surface area (Å²) in [4.78, 5) is 4.20. The number of hydrogen-bond donors (Lipinski definition) is 1. The minimum absolute atomic E-state index is 0.552. The Morgan fingerprint density at radius 2 is 2.08 bits per heavy atom. The second kappa shape index (κ2) is 3.39. The third-order valence-electron chi connectivity index (χ3n) is 2.14. The first-order valence-electron chi connectivity index (χ1n) is 4.23. The molecule has 0 bridgehead atoms. The maximum absolute atomic E-state index is 4.20. The molecule has 0 aliphatic carbocycles. The van der Waals surface area contributed by atoms with E-state index in [0.717, 1.165) is 13.1 Å². The van der Waals surface area contributed by atoms with E-state index in [2.05, 4.69) is 34.6 Å². The van der Waals surface area contributed by atoms with Crippen molar-refractivity contribution in [1.29, 1.82) is 0 Å². The van der Waals surface area contributed by atoms with Crippen LogP contribution in [0.25, 0.3) is 0 Å². The Hall–Kier alpha value is -1.31. The lowest BCUT2D eigenvalue weighted by Crippen LogP contribution is -2.26. The number of benzene rings is 1. The van der Waals surface area contributed by atoms with Crippen molar-refractivity contribution in [2.24, 2.45) is 4.99 Å². The fourth-order valence-corrected chi connectivity index (χ4v) is 1.45. The summed E-state index contributed by atoms with van der Waals surface area (Å²) < 4.78 is 0. The lowest BCUT2D eigenvalue weighted by molar-refractivity contribution is 0.648. The van der Waals surface area contributed by atoms with Crippen LogP contribution in [0.15, 0.2) is 35.3 Å². The molecule has 0 radical (unpaired) electrons. The van der Waals surface area contributed by atoms with Crippen molar-refractivity contribution >= 4 is 6.34 Å². The number of nitrogens with zero attached hydrogens (tertiary/aromatic N) is 1. The second-order valence-electron chi connectivity index (χ2n) is 3.01.